The molecule has 1 amide bonds. The van der Waals surface area contributed by atoms with Gasteiger partial charge in [0.1, 0.15) is 18.2 Å². The van der Waals surface area contributed by atoms with Gasteiger partial charge < -0.3 is 20.8 Å². The zero-order chi connectivity index (χ0) is 22.9. The quantitative estimate of drug-likeness (QED) is 0.468. The summed E-state index contributed by atoms with van der Waals surface area (Å²) in [7, 11) is 0. The van der Waals surface area contributed by atoms with Gasteiger partial charge in [0.05, 0.1) is 0 Å². The van der Waals surface area contributed by atoms with Crippen molar-refractivity contribution in [3.05, 3.63) is 64.6 Å². The number of fused-ring (bicyclic) bond motifs is 2. The average Bonchev–Trinajstić information content (AvgIpc) is 3.17. The van der Waals surface area contributed by atoms with Crippen molar-refractivity contribution in [2.45, 2.75) is 64.0 Å². The fraction of sp³-hybridized carbons (Fsp3) is 0.444. The first kappa shape index (κ1) is 22.0. The van der Waals surface area contributed by atoms with E-state index in [1.165, 1.54) is 25.3 Å². The molecule has 0 bridgehead atoms. The van der Waals surface area contributed by atoms with Gasteiger partial charge in [0, 0.05) is 40.3 Å². The number of aryl methyl sites for hydroxylation is 2. The number of aromatic nitrogens is 1. The molecular formula is C27H32FN3O2. The molecule has 1 saturated carbocycles. The highest BCUT2D eigenvalue weighted by Gasteiger charge is 2.32. The standard InChI is InChI=1S/C27H32FN3O2/c1-2-16-6-9-21(27(29)32)23-13-20(15-33-26(16)23)31-24(17-4-3-5-17)10-7-18-14-30-25-11-8-19(28)12-22(18)25/h6,8-9,11-12,14,17,20,24,30-31H,2-5,7,10,13,15H2,1H3,(H2,29,32). The summed E-state index contributed by atoms with van der Waals surface area (Å²) < 4.78 is 20.0. The van der Waals surface area contributed by atoms with Crippen LogP contribution >= 0.6 is 0 Å². The molecule has 1 aromatic heterocycles. The third-order valence-corrected chi connectivity index (χ3v) is 7.49. The molecule has 5 rings (SSSR count). The van der Waals surface area contributed by atoms with Crippen molar-refractivity contribution < 1.29 is 13.9 Å². The predicted molar refractivity (Wildman–Crippen MR) is 128 cm³/mol. The summed E-state index contributed by atoms with van der Waals surface area (Å²) in [5, 5.41) is 4.83. The Hall–Kier alpha value is -2.86. The fourth-order valence-corrected chi connectivity index (χ4v) is 5.43. The number of nitrogens with two attached hydrogens (primary N) is 1. The van der Waals surface area contributed by atoms with Gasteiger partial charge in [-0.2, -0.15) is 0 Å². The van der Waals surface area contributed by atoms with Crippen LogP contribution in [0.4, 0.5) is 4.39 Å². The number of amides is 1. The summed E-state index contributed by atoms with van der Waals surface area (Å²) in [6.45, 7) is 2.68. The number of hydrogen-bond donors (Lipinski definition) is 3. The number of carbonyl (C=O) groups excluding carboxylic acids is 1. The zero-order valence-corrected chi connectivity index (χ0v) is 19.1. The molecule has 3 aromatic rings. The Morgan fingerprint density at radius 1 is 1.27 bits per heavy atom. The molecule has 0 spiro atoms. The molecule has 2 unspecified atom stereocenters. The number of H-pyrrole nitrogens is 1. The van der Waals surface area contributed by atoms with E-state index in [0.717, 1.165) is 59.0 Å². The fourth-order valence-electron chi connectivity index (χ4n) is 5.43. The summed E-state index contributed by atoms with van der Waals surface area (Å²) in [4.78, 5) is 15.3. The number of halogens is 1. The van der Waals surface area contributed by atoms with E-state index < -0.39 is 5.91 Å². The van der Waals surface area contributed by atoms with E-state index in [9.17, 15) is 9.18 Å². The molecule has 6 heteroatoms. The van der Waals surface area contributed by atoms with Crippen LogP contribution in [0.25, 0.3) is 10.9 Å². The summed E-state index contributed by atoms with van der Waals surface area (Å²) in [5.74, 6) is 0.880. The van der Waals surface area contributed by atoms with Gasteiger partial charge in [-0.15, -0.1) is 0 Å². The van der Waals surface area contributed by atoms with Crippen LogP contribution in [-0.4, -0.2) is 29.6 Å². The number of carbonyl (C=O) groups is 1. The van der Waals surface area contributed by atoms with Crippen LogP contribution in [-0.2, 0) is 19.3 Å². The Morgan fingerprint density at radius 2 is 2.12 bits per heavy atom. The van der Waals surface area contributed by atoms with Crippen molar-refractivity contribution in [1.29, 1.82) is 0 Å². The van der Waals surface area contributed by atoms with Crippen LogP contribution in [0.2, 0.25) is 0 Å². The molecule has 0 saturated heterocycles. The molecule has 2 aliphatic rings. The van der Waals surface area contributed by atoms with Crippen molar-refractivity contribution in [2.24, 2.45) is 11.7 Å². The molecule has 33 heavy (non-hydrogen) atoms. The third kappa shape index (κ3) is 4.36. The summed E-state index contributed by atoms with van der Waals surface area (Å²) in [6, 6.07) is 9.20. The Balaban J connectivity index is 1.32. The number of primary amides is 1. The molecule has 5 nitrogen and oxygen atoms in total. The molecule has 2 aromatic carbocycles. The molecule has 4 N–H and O–H groups in total. The van der Waals surface area contributed by atoms with Crippen LogP contribution in [0.5, 0.6) is 5.75 Å². The second-order valence-electron chi connectivity index (χ2n) is 9.52. The van der Waals surface area contributed by atoms with E-state index >= 15 is 0 Å². The van der Waals surface area contributed by atoms with Crippen LogP contribution in [0.3, 0.4) is 0 Å². The first-order valence-electron chi connectivity index (χ1n) is 12.1. The normalized spacial score (nSPS) is 19.0. The van der Waals surface area contributed by atoms with Crippen molar-refractivity contribution in [3.63, 3.8) is 0 Å². The monoisotopic (exact) mass is 449 g/mol. The summed E-state index contributed by atoms with van der Waals surface area (Å²) in [6.07, 6.45) is 9.21. The number of hydrogen-bond acceptors (Lipinski definition) is 3. The van der Waals surface area contributed by atoms with Gasteiger partial charge in [0.2, 0.25) is 5.91 Å². The number of benzene rings is 2. The zero-order valence-electron chi connectivity index (χ0n) is 19.1. The van der Waals surface area contributed by atoms with Gasteiger partial charge in [-0.05, 0) is 79.8 Å². The van der Waals surface area contributed by atoms with Gasteiger partial charge in [-0.25, -0.2) is 4.39 Å². The smallest absolute Gasteiger partial charge is 0.249 e. The van der Waals surface area contributed by atoms with Gasteiger partial charge in [-0.3, -0.25) is 4.79 Å². The summed E-state index contributed by atoms with van der Waals surface area (Å²) >= 11 is 0. The van der Waals surface area contributed by atoms with Crippen molar-refractivity contribution >= 4 is 16.8 Å². The first-order chi connectivity index (χ1) is 16.0. The maximum Gasteiger partial charge on any atom is 0.249 e. The molecule has 0 radical (unpaired) electrons. The predicted octanol–water partition coefficient (Wildman–Crippen LogP) is 4.66. The summed E-state index contributed by atoms with van der Waals surface area (Å²) in [5.41, 5.74) is 10.4. The van der Waals surface area contributed by atoms with Crippen LogP contribution in [0, 0.1) is 11.7 Å². The molecule has 174 valence electrons. The number of aromatic amines is 1. The topological polar surface area (TPSA) is 80.1 Å². The van der Waals surface area contributed by atoms with Gasteiger partial charge >= 0.3 is 0 Å². The third-order valence-electron chi connectivity index (χ3n) is 7.49. The Kier molecular flexibility index (Phi) is 6.11. The van der Waals surface area contributed by atoms with Crippen LogP contribution in [0.15, 0.2) is 36.5 Å². The minimum atomic E-state index is -0.403. The maximum absolute atomic E-state index is 13.8. The number of rotatable bonds is 8. The lowest BCUT2D eigenvalue weighted by Gasteiger charge is -2.38. The minimum absolute atomic E-state index is 0.133. The Morgan fingerprint density at radius 3 is 2.85 bits per heavy atom. The highest BCUT2D eigenvalue weighted by molar-refractivity contribution is 5.95. The van der Waals surface area contributed by atoms with Crippen molar-refractivity contribution in [2.75, 3.05) is 6.61 Å². The van der Waals surface area contributed by atoms with E-state index in [4.69, 9.17) is 10.5 Å². The van der Waals surface area contributed by atoms with E-state index in [2.05, 4.69) is 17.2 Å². The maximum atomic E-state index is 13.8. The SMILES string of the molecule is CCc1ccc(C(N)=O)c2c1OCC(NC(CCc1c[nH]c3ccc(F)cc13)C1CCC1)C2. The van der Waals surface area contributed by atoms with Crippen LogP contribution < -0.4 is 15.8 Å². The van der Waals surface area contributed by atoms with E-state index in [0.29, 0.717) is 24.1 Å². The molecule has 1 fully saturated rings. The largest absolute Gasteiger partial charge is 0.491 e. The molecule has 1 aliphatic carbocycles. The van der Waals surface area contributed by atoms with Gasteiger partial charge in [0.15, 0.2) is 0 Å². The van der Waals surface area contributed by atoms with Crippen molar-refractivity contribution in [3.8, 4) is 5.75 Å². The molecule has 2 heterocycles. The highest BCUT2D eigenvalue weighted by atomic mass is 19.1. The minimum Gasteiger partial charge on any atom is -0.491 e. The second-order valence-corrected chi connectivity index (χ2v) is 9.52. The lowest BCUT2D eigenvalue weighted by molar-refractivity contribution is 0.0997. The average molecular weight is 450 g/mol. The van der Waals surface area contributed by atoms with Crippen LogP contribution in [0.1, 0.15) is 59.7 Å². The molecule has 1 aliphatic heterocycles. The van der Waals surface area contributed by atoms with E-state index in [1.54, 1.807) is 12.1 Å². The van der Waals surface area contributed by atoms with E-state index in [1.807, 2.05) is 18.3 Å². The lowest BCUT2D eigenvalue weighted by atomic mass is 9.77. The molecule has 2 atom stereocenters. The van der Waals surface area contributed by atoms with E-state index in [-0.39, 0.29) is 11.9 Å². The highest BCUT2D eigenvalue weighted by Crippen LogP contribution is 2.35. The second kappa shape index (κ2) is 9.18. The molecular weight excluding hydrogens is 417 g/mol. The first-order valence-corrected chi connectivity index (χ1v) is 12.1. The Labute approximate surface area is 193 Å². The lowest BCUT2D eigenvalue weighted by Crippen LogP contribution is -2.49. The Bertz CT molecular complexity index is 1170. The van der Waals surface area contributed by atoms with Crippen molar-refractivity contribution in [1.82, 2.24) is 10.3 Å². The number of ether oxygens (including phenoxy) is 1. The number of nitrogens with one attached hydrogen (secondary N) is 2. The van der Waals surface area contributed by atoms with Gasteiger partial charge in [0.25, 0.3) is 0 Å². The van der Waals surface area contributed by atoms with Gasteiger partial charge in [-0.1, -0.05) is 19.4 Å².